The fraction of sp³-hybridized carbons (Fsp3) is 0.500. The molecule has 1 saturated heterocycles. The molecule has 0 aromatic heterocycles. The Labute approximate surface area is 125 Å². The van der Waals surface area contributed by atoms with Crippen LogP contribution in [0.5, 0.6) is 0 Å². The molecular weight excluding hydrogens is 266 g/mol. The van der Waals surface area contributed by atoms with Crippen LogP contribution in [-0.4, -0.2) is 42.9 Å². The van der Waals surface area contributed by atoms with Gasteiger partial charge in [0.15, 0.2) is 0 Å². The molecule has 5 nitrogen and oxygen atoms in total. The van der Waals surface area contributed by atoms with Crippen molar-refractivity contribution in [1.82, 2.24) is 10.2 Å². The van der Waals surface area contributed by atoms with E-state index in [0.29, 0.717) is 18.7 Å². The molecule has 2 rings (SSSR count). The Hall–Kier alpha value is -1.88. The maximum absolute atomic E-state index is 12.0. The molecule has 1 aliphatic rings. The van der Waals surface area contributed by atoms with Crippen molar-refractivity contribution in [2.45, 2.75) is 26.2 Å². The van der Waals surface area contributed by atoms with Crippen LogP contribution in [0.15, 0.2) is 24.3 Å². The van der Waals surface area contributed by atoms with Gasteiger partial charge in [0.2, 0.25) is 5.91 Å². The molecule has 0 unspecified atom stereocenters. The van der Waals surface area contributed by atoms with Crippen molar-refractivity contribution in [3.8, 4) is 0 Å². The Morgan fingerprint density at radius 3 is 2.38 bits per heavy atom. The van der Waals surface area contributed by atoms with Crippen molar-refractivity contribution in [3.63, 3.8) is 0 Å². The van der Waals surface area contributed by atoms with Gasteiger partial charge in [-0.3, -0.25) is 14.5 Å². The van der Waals surface area contributed by atoms with Gasteiger partial charge in [-0.25, -0.2) is 0 Å². The second-order valence-electron chi connectivity index (χ2n) is 5.32. The van der Waals surface area contributed by atoms with Gasteiger partial charge in [0.1, 0.15) is 0 Å². The second-order valence-corrected chi connectivity index (χ2v) is 5.32. The van der Waals surface area contributed by atoms with E-state index in [1.165, 1.54) is 19.3 Å². The molecule has 2 N–H and O–H groups in total. The Balaban J connectivity index is 1.84. The lowest BCUT2D eigenvalue weighted by molar-refractivity contribution is -0.117. The summed E-state index contributed by atoms with van der Waals surface area (Å²) in [6.07, 6.45) is 3.61. The zero-order chi connectivity index (χ0) is 15.1. The van der Waals surface area contributed by atoms with Gasteiger partial charge in [-0.1, -0.05) is 6.42 Å². The lowest BCUT2D eigenvalue weighted by atomic mass is 10.1. The number of hydrogen-bond acceptors (Lipinski definition) is 3. The molecule has 1 fully saturated rings. The van der Waals surface area contributed by atoms with Gasteiger partial charge in [0.25, 0.3) is 5.91 Å². The zero-order valence-corrected chi connectivity index (χ0v) is 12.5. The molecule has 1 aromatic carbocycles. The molecule has 0 saturated carbocycles. The maximum atomic E-state index is 12.0. The van der Waals surface area contributed by atoms with Crippen LogP contribution in [0.25, 0.3) is 0 Å². The minimum Gasteiger partial charge on any atom is -0.352 e. The average molecular weight is 289 g/mol. The summed E-state index contributed by atoms with van der Waals surface area (Å²) < 4.78 is 0. The van der Waals surface area contributed by atoms with Crippen molar-refractivity contribution in [2.24, 2.45) is 0 Å². The van der Waals surface area contributed by atoms with Crippen LogP contribution in [0.4, 0.5) is 5.69 Å². The number of amides is 2. The Morgan fingerprint density at radius 1 is 1.10 bits per heavy atom. The van der Waals surface area contributed by atoms with Gasteiger partial charge >= 0.3 is 0 Å². The fourth-order valence-electron chi connectivity index (χ4n) is 2.49. The summed E-state index contributed by atoms with van der Waals surface area (Å²) in [6, 6.07) is 6.97. The summed E-state index contributed by atoms with van der Waals surface area (Å²) in [5.74, 6) is -0.0913. The minimum atomic E-state index is -0.0938. The summed E-state index contributed by atoms with van der Waals surface area (Å²) in [6.45, 7) is 4.94. The Kier molecular flexibility index (Phi) is 5.75. The molecule has 0 spiro atoms. The Morgan fingerprint density at radius 2 is 1.76 bits per heavy atom. The lowest BCUT2D eigenvalue weighted by Crippen LogP contribution is -2.36. The molecule has 1 heterocycles. The first-order valence-corrected chi connectivity index (χ1v) is 7.59. The van der Waals surface area contributed by atoms with Crippen molar-refractivity contribution in [1.29, 1.82) is 0 Å². The van der Waals surface area contributed by atoms with Gasteiger partial charge < -0.3 is 10.6 Å². The third-order valence-corrected chi connectivity index (χ3v) is 3.58. The molecule has 1 aromatic rings. The number of rotatable bonds is 5. The molecule has 0 radical (unpaired) electrons. The van der Waals surface area contributed by atoms with Crippen LogP contribution in [-0.2, 0) is 4.79 Å². The summed E-state index contributed by atoms with van der Waals surface area (Å²) in [4.78, 5) is 25.8. The van der Waals surface area contributed by atoms with Gasteiger partial charge in [-0.15, -0.1) is 0 Å². The predicted octanol–water partition coefficient (Wildman–Crippen LogP) is 1.86. The number of carbonyl (C=O) groups excluding carboxylic acids is 2. The highest BCUT2D eigenvalue weighted by Crippen LogP contribution is 2.11. The van der Waals surface area contributed by atoms with Gasteiger partial charge in [-0.05, 0) is 57.1 Å². The molecule has 114 valence electrons. The highest BCUT2D eigenvalue weighted by molar-refractivity contribution is 5.96. The van der Waals surface area contributed by atoms with Crippen LogP contribution in [0, 0.1) is 0 Å². The van der Waals surface area contributed by atoms with E-state index in [2.05, 4.69) is 15.5 Å². The molecule has 0 aliphatic carbocycles. The number of nitrogens with zero attached hydrogens (tertiary/aromatic N) is 1. The molecule has 0 atom stereocenters. The number of anilines is 1. The standard InChI is InChI=1S/C16H23N3O2/c1-2-17-16(21)13-6-8-14(9-7-13)18-15(20)12-19-10-4-3-5-11-19/h6-9H,2-5,10-12H2,1H3,(H,17,21)(H,18,20). The largest absolute Gasteiger partial charge is 0.352 e. The average Bonchev–Trinajstić information content (AvgIpc) is 2.49. The minimum absolute atomic E-state index is 0.00246. The third-order valence-electron chi connectivity index (χ3n) is 3.58. The maximum Gasteiger partial charge on any atom is 0.251 e. The van der Waals surface area contributed by atoms with E-state index in [1.807, 2.05) is 6.92 Å². The number of likely N-dealkylation sites (tertiary alicyclic amines) is 1. The first kappa shape index (κ1) is 15.5. The summed E-state index contributed by atoms with van der Waals surface area (Å²) >= 11 is 0. The number of nitrogens with one attached hydrogen (secondary N) is 2. The first-order chi connectivity index (χ1) is 10.2. The van der Waals surface area contributed by atoms with E-state index in [4.69, 9.17) is 0 Å². The summed E-state index contributed by atoms with van der Waals surface area (Å²) in [5, 5.41) is 5.62. The van der Waals surface area contributed by atoms with Crippen LogP contribution in [0.2, 0.25) is 0 Å². The van der Waals surface area contributed by atoms with Crippen LogP contribution in [0.3, 0.4) is 0 Å². The first-order valence-electron chi connectivity index (χ1n) is 7.59. The van der Waals surface area contributed by atoms with Gasteiger partial charge in [-0.2, -0.15) is 0 Å². The Bertz CT molecular complexity index is 479. The number of hydrogen-bond donors (Lipinski definition) is 2. The highest BCUT2D eigenvalue weighted by atomic mass is 16.2. The van der Waals surface area contributed by atoms with Crippen LogP contribution in [0.1, 0.15) is 36.5 Å². The van der Waals surface area contributed by atoms with Crippen LogP contribution < -0.4 is 10.6 Å². The van der Waals surface area contributed by atoms with Crippen molar-refractivity contribution < 1.29 is 9.59 Å². The highest BCUT2D eigenvalue weighted by Gasteiger charge is 2.14. The van der Waals surface area contributed by atoms with Gasteiger partial charge in [0.05, 0.1) is 6.54 Å². The topological polar surface area (TPSA) is 61.4 Å². The summed E-state index contributed by atoms with van der Waals surface area (Å²) in [5.41, 5.74) is 1.33. The number of piperidine rings is 1. The van der Waals surface area contributed by atoms with Crippen LogP contribution >= 0.6 is 0 Å². The molecule has 21 heavy (non-hydrogen) atoms. The summed E-state index contributed by atoms with van der Waals surface area (Å²) in [7, 11) is 0. The molecule has 1 aliphatic heterocycles. The van der Waals surface area contributed by atoms with E-state index < -0.39 is 0 Å². The van der Waals surface area contributed by atoms with Crippen molar-refractivity contribution in [2.75, 3.05) is 31.5 Å². The normalized spacial score (nSPS) is 15.5. The fourth-order valence-corrected chi connectivity index (χ4v) is 2.49. The molecule has 2 amide bonds. The third kappa shape index (κ3) is 4.86. The molecular formula is C16H23N3O2. The van der Waals surface area contributed by atoms with E-state index >= 15 is 0 Å². The van der Waals surface area contributed by atoms with Crippen molar-refractivity contribution in [3.05, 3.63) is 29.8 Å². The SMILES string of the molecule is CCNC(=O)c1ccc(NC(=O)CN2CCCCC2)cc1. The van der Waals surface area contributed by atoms with E-state index in [1.54, 1.807) is 24.3 Å². The second kappa shape index (κ2) is 7.78. The number of benzene rings is 1. The van der Waals surface area contributed by atoms with Crippen molar-refractivity contribution >= 4 is 17.5 Å². The molecule has 0 bridgehead atoms. The smallest absolute Gasteiger partial charge is 0.251 e. The zero-order valence-electron chi connectivity index (χ0n) is 12.5. The van der Waals surface area contributed by atoms with E-state index in [0.717, 1.165) is 18.8 Å². The lowest BCUT2D eigenvalue weighted by Gasteiger charge is -2.25. The quantitative estimate of drug-likeness (QED) is 0.870. The van der Waals surface area contributed by atoms with Gasteiger partial charge in [0, 0.05) is 17.8 Å². The van der Waals surface area contributed by atoms with E-state index in [9.17, 15) is 9.59 Å². The molecule has 5 heteroatoms. The van der Waals surface area contributed by atoms with E-state index in [-0.39, 0.29) is 11.8 Å². The monoisotopic (exact) mass is 289 g/mol. The number of carbonyl (C=O) groups is 2. The predicted molar refractivity (Wildman–Crippen MR) is 83.4 cm³/mol.